The summed E-state index contributed by atoms with van der Waals surface area (Å²) in [6, 6.07) is 14.3. The first-order valence-corrected chi connectivity index (χ1v) is 14.0. The smallest absolute Gasteiger partial charge is 0.263 e. The minimum atomic E-state index is -3.64. The lowest BCUT2D eigenvalue weighted by Gasteiger charge is -2.33. The number of fused-ring (bicyclic) bond motifs is 2. The van der Waals surface area contributed by atoms with Crippen molar-refractivity contribution in [2.24, 2.45) is 10.9 Å². The number of aliphatic imine (C=N–C) groups is 1. The van der Waals surface area contributed by atoms with Crippen molar-refractivity contribution in [1.82, 2.24) is 14.6 Å². The van der Waals surface area contributed by atoms with Gasteiger partial charge in [0.1, 0.15) is 11.9 Å². The largest absolute Gasteiger partial charge is 0.341 e. The van der Waals surface area contributed by atoms with Gasteiger partial charge in [0.25, 0.3) is 10.0 Å². The Morgan fingerprint density at radius 1 is 1.15 bits per heavy atom. The van der Waals surface area contributed by atoms with Crippen LogP contribution in [0.4, 0.5) is 0 Å². The molecular formula is C25H28N4O3S2. The highest BCUT2D eigenvalue weighted by Crippen LogP contribution is 2.34. The number of benzene rings is 2. The molecule has 1 N–H and O–H groups in total. The monoisotopic (exact) mass is 496 g/mol. The van der Waals surface area contributed by atoms with Crippen LogP contribution in [-0.4, -0.2) is 49.2 Å². The first-order valence-electron chi connectivity index (χ1n) is 11.7. The Balaban J connectivity index is 1.33. The van der Waals surface area contributed by atoms with Crippen LogP contribution in [-0.2, 0) is 14.8 Å². The molecule has 7 nitrogen and oxygen atoms in total. The van der Waals surface area contributed by atoms with Crippen molar-refractivity contribution in [3.8, 4) is 0 Å². The highest BCUT2D eigenvalue weighted by molar-refractivity contribution is 7.90. The van der Waals surface area contributed by atoms with E-state index in [2.05, 4.69) is 15.8 Å². The number of carbonyl (C=O) groups excluding carboxylic acids is 1. The lowest BCUT2D eigenvalue weighted by molar-refractivity contribution is -0.133. The zero-order valence-electron chi connectivity index (χ0n) is 19.3. The molecule has 1 fully saturated rings. The zero-order valence-corrected chi connectivity index (χ0v) is 20.9. The molecule has 3 aromatic rings. The number of aromatic nitrogens is 1. The summed E-state index contributed by atoms with van der Waals surface area (Å²) in [7, 11) is -3.64. The maximum absolute atomic E-state index is 13.5. The van der Waals surface area contributed by atoms with Gasteiger partial charge in [0.05, 0.1) is 20.1 Å². The Morgan fingerprint density at radius 2 is 1.85 bits per heavy atom. The molecule has 3 heterocycles. The number of rotatable bonds is 5. The third-order valence-corrected chi connectivity index (χ3v) is 8.99. The number of hydrogen-bond donors (Lipinski definition) is 1. The minimum absolute atomic E-state index is 0.0347. The van der Waals surface area contributed by atoms with Crippen molar-refractivity contribution >= 4 is 43.3 Å². The number of hydrogen-bond acceptors (Lipinski definition) is 6. The molecular weight excluding hydrogens is 468 g/mol. The molecule has 0 aliphatic carbocycles. The van der Waals surface area contributed by atoms with E-state index in [4.69, 9.17) is 4.98 Å². The molecule has 2 aliphatic heterocycles. The van der Waals surface area contributed by atoms with Gasteiger partial charge in [-0.1, -0.05) is 38.1 Å². The van der Waals surface area contributed by atoms with Gasteiger partial charge in [0.15, 0.2) is 0 Å². The van der Waals surface area contributed by atoms with Gasteiger partial charge in [-0.15, -0.1) is 11.3 Å². The van der Waals surface area contributed by atoms with Gasteiger partial charge in [-0.25, -0.2) is 13.4 Å². The number of amides is 1. The summed E-state index contributed by atoms with van der Waals surface area (Å²) < 4.78 is 28.7. The van der Waals surface area contributed by atoms with Crippen LogP contribution in [0, 0.1) is 5.92 Å². The number of likely N-dealkylation sites (tertiary alicyclic amines) is 1. The van der Waals surface area contributed by atoms with E-state index in [0.717, 1.165) is 23.4 Å². The first kappa shape index (κ1) is 23.0. The SMILES string of the molecule is CC(C)CC(N=C1NS(=O)(=O)c2ccccc21)C(=O)N1CCC(c2nc3ccccc3s2)CC1. The van der Waals surface area contributed by atoms with Crippen LogP contribution in [0.25, 0.3) is 10.2 Å². The van der Waals surface area contributed by atoms with Crippen molar-refractivity contribution in [3.63, 3.8) is 0 Å². The summed E-state index contributed by atoms with van der Waals surface area (Å²) in [5, 5.41) is 1.14. The van der Waals surface area contributed by atoms with E-state index in [-0.39, 0.29) is 22.6 Å². The fourth-order valence-electron chi connectivity index (χ4n) is 4.66. The average molecular weight is 497 g/mol. The van der Waals surface area contributed by atoms with E-state index < -0.39 is 16.1 Å². The topological polar surface area (TPSA) is 91.7 Å². The van der Waals surface area contributed by atoms with Gasteiger partial charge >= 0.3 is 0 Å². The summed E-state index contributed by atoms with van der Waals surface area (Å²) >= 11 is 1.74. The summed E-state index contributed by atoms with van der Waals surface area (Å²) in [6.07, 6.45) is 2.29. The molecule has 1 saturated heterocycles. The van der Waals surface area contributed by atoms with Crippen molar-refractivity contribution in [2.75, 3.05) is 13.1 Å². The number of nitrogens with zero attached hydrogens (tertiary/aromatic N) is 3. The van der Waals surface area contributed by atoms with Crippen LogP contribution < -0.4 is 4.72 Å². The predicted molar refractivity (Wildman–Crippen MR) is 135 cm³/mol. The van der Waals surface area contributed by atoms with Gasteiger partial charge in [0.2, 0.25) is 5.91 Å². The lowest BCUT2D eigenvalue weighted by atomic mass is 9.96. The molecule has 34 heavy (non-hydrogen) atoms. The summed E-state index contributed by atoms with van der Waals surface area (Å²) in [4.78, 5) is 25.1. The second-order valence-electron chi connectivity index (χ2n) is 9.34. The van der Waals surface area contributed by atoms with Crippen molar-refractivity contribution < 1.29 is 13.2 Å². The van der Waals surface area contributed by atoms with E-state index >= 15 is 0 Å². The van der Waals surface area contributed by atoms with Crippen LogP contribution in [0.15, 0.2) is 58.4 Å². The van der Waals surface area contributed by atoms with E-state index in [1.54, 1.807) is 35.6 Å². The van der Waals surface area contributed by atoms with E-state index in [0.29, 0.717) is 31.0 Å². The Hall–Kier alpha value is -2.78. The standard InChI is InChI=1S/C25H28N4O3S2/c1-16(2)15-20(26-23-18-7-3-6-10-22(18)34(31,32)28-23)25(30)29-13-11-17(12-14-29)24-27-19-8-4-5-9-21(19)33-24/h3-10,16-17,20H,11-15H2,1-2H3,(H,26,28). The average Bonchev–Trinajstić information content (AvgIpc) is 3.37. The molecule has 1 amide bonds. The normalized spacial score (nSPS) is 20.0. The van der Waals surface area contributed by atoms with Crippen molar-refractivity contribution in [3.05, 3.63) is 59.1 Å². The number of para-hydroxylation sites is 1. The summed E-state index contributed by atoms with van der Waals surface area (Å²) in [6.45, 7) is 5.40. The number of amidine groups is 1. The number of piperidine rings is 1. The van der Waals surface area contributed by atoms with Crippen LogP contribution in [0.1, 0.15) is 49.6 Å². The molecule has 178 valence electrons. The number of sulfonamides is 1. The third-order valence-electron chi connectivity index (χ3n) is 6.39. The first-order chi connectivity index (χ1) is 16.3. The zero-order chi connectivity index (χ0) is 23.9. The third kappa shape index (κ3) is 4.46. The van der Waals surface area contributed by atoms with Gasteiger partial charge in [-0.2, -0.15) is 0 Å². The second kappa shape index (κ2) is 9.11. The lowest BCUT2D eigenvalue weighted by Crippen LogP contribution is -2.44. The maximum atomic E-state index is 13.5. The van der Waals surface area contributed by atoms with Crippen LogP contribution >= 0.6 is 11.3 Å². The second-order valence-corrected chi connectivity index (χ2v) is 12.1. The van der Waals surface area contributed by atoms with E-state index in [9.17, 15) is 13.2 Å². The molecule has 2 aromatic carbocycles. The van der Waals surface area contributed by atoms with E-state index in [1.807, 2.05) is 36.9 Å². The molecule has 0 radical (unpaired) electrons. The van der Waals surface area contributed by atoms with Crippen LogP contribution in [0.5, 0.6) is 0 Å². The van der Waals surface area contributed by atoms with Crippen molar-refractivity contribution in [2.45, 2.75) is 50.0 Å². The quantitative estimate of drug-likeness (QED) is 0.574. The maximum Gasteiger partial charge on any atom is 0.263 e. The minimum Gasteiger partial charge on any atom is -0.341 e. The molecule has 1 atom stereocenters. The van der Waals surface area contributed by atoms with Crippen LogP contribution in [0.3, 0.4) is 0 Å². The molecule has 9 heteroatoms. The number of thiazole rings is 1. The predicted octanol–water partition coefficient (Wildman–Crippen LogP) is 4.16. The van der Waals surface area contributed by atoms with Gasteiger partial charge in [-0.3, -0.25) is 14.5 Å². The van der Waals surface area contributed by atoms with Gasteiger partial charge in [0, 0.05) is 24.6 Å². The number of nitrogens with one attached hydrogen (secondary N) is 1. The fraction of sp³-hybridized carbons (Fsp3) is 0.400. The Bertz CT molecular complexity index is 1320. The number of carbonyl (C=O) groups is 1. The summed E-state index contributed by atoms with van der Waals surface area (Å²) in [5.74, 6) is 0.822. The fourth-order valence-corrected chi connectivity index (χ4v) is 7.04. The highest BCUT2D eigenvalue weighted by Gasteiger charge is 2.34. The molecule has 0 bridgehead atoms. The summed E-state index contributed by atoms with van der Waals surface area (Å²) in [5.41, 5.74) is 1.56. The molecule has 2 aliphatic rings. The molecule has 0 saturated carbocycles. The highest BCUT2D eigenvalue weighted by atomic mass is 32.2. The van der Waals surface area contributed by atoms with Crippen LogP contribution in [0.2, 0.25) is 0 Å². The Kier molecular flexibility index (Phi) is 6.16. The van der Waals surface area contributed by atoms with Crippen molar-refractivity contribution in [1.29, 1.82) is 0 Å². The molecule has 0 spiro atoms. The molecule has 5 rings (SSSR count). The van der Waals surface area contributed by atoms with E-state index in [1.165, 1.54) is 4.70 Å². The molecule has 1 aromatic heterocycles. The Morgan fingerprint density at radius 3 is 2.59 bits per heavy atom. The van der Waals surface area contributed by atoms with Gasteiger partial charge in [-0.05, 0) is 49.4 Å². The Labute approximate surface area is 204 Å². The molecule has 1 unspecified atom stereocenters. The van der Waals surface area contributed by atoms with Gasteiger partial charge < -0.3 is 4.90 Å².